The highest BCUT2D eigenvalue weighted by atomic mass is 19.1. The quantitative estimate of drug-likeness (QED) is 0.634. The van der Waals surface area contributed by atoms with Crippen LogP contribution in [-0.4, -0.2) is 6.29 Å². The van der Waals surface area contributed by atoms with Gasteiger partial charge in [0.05, 0.1) is 5.56 Å². The highest BCUT2D eigenvalue weighted by Crippen LogP contribution is 2.26. The Morgan fingerprint density at radius 1 is 1.14 bits per heavy atom. The molecule has 1 aromatic rings. The van der Waals surface area contributed by atoms with E-state index in [0.717, 1.165) is 12.1 Å². The molecule has 0 saturated heterocycles. The normalized spacial score (nSPS) is 11.5. The average Bonchev–Trinajstić information content (AvgIpc) is 2.06. The van der Waals surface area contributed by atoms with Crippen LogP contribution in [0.5, 0.6) is 0 Å². The SMILES string of the molecule is CC(C)(C)c1cc(F)c(C=O)cc1F. The van der Waals surface area contributed by atoms with E-state index in [1.165, 1.54) is 0 Å². The van der Waals surface area contributed by atoms with E-state index in [1.807, 2.05) is 0 Å². The first kappa shape index (κ1) is 10.8. The van der Waals surface area contributed by atoms with Crippen molar-refractivity contribution in [3.8, 4) is 0 Å². The maximum Gasteiger partial charge on any atom is 0.153 e. The van der Waals surface area contributed by atoms with Gasteiger partial charge in [-0.3, -0.25) is 4.79 Å². The number of hydrogen-bond donors (Lipinski definition) is 0. The van der Waals surface area contributed by atoms with Crippen LogP contribution in [0.1, 0.15) is 36.7 Å². The molecule has 1 rings (SSSR count). The van der Waals surface area contributed by atoms with Crippen molar-refractivity contribution in [3.63, 3.8) is 0 Å². The van der Waals surface area contributed by atoms with Crippen molar-refractivity contribution in [3.05, 3.63) is 34.9 Å². The van der Waals surface area contributed by atoms with E-state index >= 15 is 0 Å². The number of benzene rings is 1. The summed E-state index contributed by atoms with van der Waals surface area (Å²) in [7, 11) is 0. The number of rotatable bonds is 1. The van der Waals surface area contributed by atoms with Gasteiger partial charge in [-0.2, -0.15) is 0 Å². The zero-order valence-corrected chi connectivity index (χ0v) is 8.40. The number of hydrogen-bond acceptors (Lipinski definition) is 1. The summed E-state index contributed by atoms with van der Waals surface area (Å²) in [4.78, 5) is 10.3. The largest absolute Gasteiger partial charge is 0.298 e. The zero-order chi connectivity index (χ0) is 10.9. The van der Waals surface area contributed by atoms with Gasteiger partial charge in [0, 0.05) is 0 Å². The second kappa shape index (κ2) is 3.48. The Hall–Kier alpha value is -1.25. The molecule has 76 valence electrons. The lowest BCUT2D eigenvalue weighted by Crippen LogP contribution is -2.14. The molecule has 0 spiro atoms. The maximum atomic E-state index is 13.4. The molecule has 0 aromatic heterocycles. The van der Waals surface area contributed by atoms with Crippen LogP contribution in [0.25, 0.3) is 0 Å². The van der Waals surface area contributed by atoms with Crippen LogP contribution in [-0.2, 0) is 5.41 Å². The molecular weight excluding hydrogens is 186 g/mol. The summed E-state index contributed by atoms with van der Waals surface area (Å²) >= 11 is 0. The van der Waals surface area contributed by atoms with Gasteiger partial charge in [0.1, 0.15) is 11.6 Å². The number of aldehydes is 1. The number of carbonyl (C=O) groups excluding carboxylic acids is 1. The molecule has 0 bridgehead atoms. The van der Waals surface area contributed by atoms with Gasteiger partial charge in [-0.15, -0.1) is 0 Å². The first-order valence-corrected chi connectivity index (χ1v) is 4.31. The Balaban J connectivity index is 3.36. The monoisotopic (exact) mass is 198 g/mol. The Kier molecular flexibility index (Phi) is 2.69. The van der Waals surface area contributed by atoms with Crippen molar-refractivity contribution in [2.75, 3.05) is 0 Å². The molecule has 0 saturated carbocycles. The summed E-state index contributed by atoms with van der Waals surface area (Å²) in [5.74, 6) is -1.22. The minimum absolute atomic E-state index is 0.240. The van der Waals surface area contributed by atoms with Crippen LogP contribution in [0.4, 0.5) is 8.78 Å². The molecule has 0 aliphatic rings. The van der Waals surface area contributed by atoms with Crippen LogP contribution >= 0.6 is 0 Å². The van der Waals surface area contributed by atoms with Crippen molar-refractivity contribution in [2.45, 2.75) is 26.2 Å². The fraction of sp³-hybridized carbons (Fsp3) is 0.364. The molecule has 0 unspecified atom stereocenters. The highest BCUT2D eigenvalue weighted by Gasteiger charge is 2.20. The molecule has 14 heavy (non-hydrogen) atoms. The lowest BCUT2D eigenvalue weighted by molar-refractivity contribution is 0.111. The van der Waals surface area contributed by atoms with E-state index in [2.05, 4.69) is 0 Å². The molecule has 1 nitrogen and oxygen atoms in total. The molecule has 1 aromatic carbocycles. The Labute approximate surface area is 81.7 Å². The second-order valence-corrected chi connectivity index (χ2v) is 4.22. The standard InChI is InChI=1S/C11H12F2O/c1-11(2,3)8-5-9(12)7(6-14)4-10(8)13/h4-6H,1-3H3. The highest BCUT2D eigenvalue weighted by molar-refractivity contribution is 5.75. The summed E-state index contributed by atoms with van der Waals surface area (Å²) in [6, 6.07) is 2.02. The third kappa shape index (κ3) is 1.97. The van der Waals surface area contributed by atoms with E-state index in [4.69, 9.17) is 0 Å². The average molecular weight is 198 g/mol. The molecule has 0 N–H and O–H groups in total. The fourth-order valence-corrected chi connectivity index (χ4v) is 1.23. The van der Waals surface area contributed by atoms with Crippen LogP contribution in [0.2, 0.25) is 0 Å². The number of carbonyl (C=O) groups is 1. The molecule has 0 heterocycles. The lowest BCUT2D eigenvalue weighted by Gasteiger charge is -2.20. The van der Waals surface area contributed by atoms with Crippen molar-refractivity contribution in [1.29, 1.82) is 0 Å². The van der Waals surface area contributed by atoms with Crippen molar-refractivity contribution in [2.24, 2.45) is 0 Å². The Morgan fingerprint density at radius 3 is 2.14 bits per heavy atom. The van der Waals surface area contributed by atoms with Gasteiger partial charge < -0.3 is 0 Å². The minimum atomic E-state index is -0.675. The molecule has 0 fully saturated rings. The Morgan fingerprint density at radius 2 is 1.71 bits per heavy atom. The summed E-state index contributed by atoms with van der Waals surface area (Å²) in [6.07, 6.45) is 0.310. The predicted octanol–water partition coefficient (Wildman–Crippen LogP) is 3.07. The van der Waals surface area contributed by atoms with Crippen molar-refractivity contribution < 1.29 is 13.6 Å². The summed E-state index contributed by atoms with van der Waals surface area (Å²) in [6.45, 7) is 5.35. The van der Waals surface area contributed by atoms with Gasteiger partial charge in [-0.1, -0.05) is 20.8 Å². The summed E-state index contributed by atoms with van der Waals surface area (Å²) < 4.78 is 26.6. The molecule has 0 radical (unpaired) electrons. The predicted molar refractivity (Wildman–Crippen MR) is 50.4 cm³/mol. The third-order valence-electron chi connectivity index (χ3n) is 2.02. The van der Waals surface area contributed by atoms with Crippen LogP contribution in [0.15, 0.2) is 12.1 Å². The topological polar surface area (TPSA) is 17.1 Å². The van der Waals surface area contributed by atoms with Crippen LogP contribution in [0, 0.1) is 11.6 Å². The van der Waals surface area contributed by atoms with E-state index in [1.54, 1.807) is 20.8 Å². The number of halogens is 2. The smallest absolute Gasteiger partial charge is 0.153 e. The first-order chi connectivity index (χ1) is 6.36. The van der Waals surface area contributed by atoms with Crippen LogP contribution in [0.3, 0.4) is 0 Å². The second-order valence-electron chi connectivity index (χ2n) is 4.22. The first-order valence-electron chi connectivity index (χ1n) is 4.31. The van der Waals surface area contributed by atoms with Gasteiger partial charge in [-0.05, 0) is 23.1 Å². The molecule has 0 atom stereocenters. The van der Waals surface area contributed by atoms with Gasteiger partial charge in [-0.25, -0.2) is 8.78 Å². The fourth-order valence-electron chi connectivity index (χ4n) is 1.23. The summed E-state index contributed by atoms with van der Waals surface area (Å²) in [5, 5.41) is 0. The van der Waals surface area contributed by atoms with Gasteiger partial charge in [0.2, 0.25) is 0 Å². The molecule has 0 aliphatic carbocycles. The van der Waals surface area contributed by atoms with Gasteiger partial charge >= 0.3 is 0 Å². The Bertz CT molecular complexity index is 364. The molecule has 3 heteroatoms. The molecule has 0 aliphatic heterocycles. The van der Waals surface area contributed by atoms with E-state index in [0.29, 0.717) is 6.29 Å². The van der Waals surface area contributed by atoms with Crippen LogP contribution < -0.4 is 0 Å². The molecule has 0 amide bonds. The molecular formula is C11H12F2O. The van der Waals surface area contributed by atoms with Crippen molar-refractivity contribution >= 4 is 6.29 Å². The van der Waals surface area contributed by atoms with Gasteiger partial charge in [0.25, 0.3) is 0 Å². The van der Waals surface area contributed by atoms with E-state index in [9.17, 15) is 13.6 Å². The minimum Gasteiger partial charge on any atom is -0.298 e. The van der Waals surface area contributed by atoms with E-state index < -0.39 is 17.0 Å². The third-order valence-corrected chi connectivity index (χ3v) is 2.02. The van der Waals surface area contributed by atoms with Gasteiger partial charge in [0.15, 0.2) is 6.29 Å². The maximum absolute atomic E-state index is 13.4. The summed E-state index contributed by atoms with van der Waals surface area (Å²) in [5.41, 5.74) is -0.428. The lowest BCUT2D eigenvalue weighted by atomic mass is 9.86. The van der Waals surface area contributed by atoms with Crippen molar-refractivity contribution in [1.82, 2.24) is 0 Å². The zero-order valence-electron chi connectivity index (χ0n) is 8.40. The van der Waals surface area contributed by atoms with E-state index in [-0.39, 0.29) is 11.1 Å².